The van der Waals surface area contributed by atoms with E-state index in [0.717, 1.165) is 17.7 Å². The lowest BCUT2D eigenvalue weighted by Crippen LogP contribution is -2.28. The largest absolute Gasteiger partial charge is 0.375 e. The highest BCUT2D eigenvalue weighted by molar-refractivity contribution is 5.78. The van der Waals surface area contributed by atoms with Crippen LogP contribution in [0.2, 0.25) is 0 Å². The molecule has 1 aromatic rings. The number of carbonyl (C=O) groups excluding carboxylic acids is 1. The minimum atomic E-state index is -0.949. The van der Waals surface area contributed by atoms with Gasteiger partial charge < -0.3 is 10.1 Å². The number of benzene rings is 1. The molecule has 19 heavy (non-hydrogen) atoms. The zero-order valence-electron chi connectivity index (χ0n) is 10.8. The van der Waals surface area contributed by atoms with Crippen LogP contribution in [0.15, 0.2) is 30.4 Å². The molecule has 3 nitrogen and oxygen atoms in total. The second-order valence-electron chi connectivity index (χ2n) is 4.28. The SMILES string of the molecule is C=C(C)COCCNC(=O)Cc1ccc(F)c(F)c1. The van der Waals surface area contributed by atoms with Crippen LogP contribution in [-0.4, -0.2) is 25.7 Å². The number of hydrogen-bond donors (Lipinski definition) is 1. The van der Waals surface area contributed by atoms with Crippen molar-refractivity contribution in [1.82, 2.24) is 5.32 Å². The van der Waals surface area contributed by atoms with Crippen molar-refractivity contribution in [1.29, 1.82) is 0 Å². The van der Waals surface area contributed by atoms with Gasteiger partial charge in [-0.25, -0.2) is 8.78 Å². The molecule has 0 saturated carbocycles. The number of amides is 1. The van der Waals surface area contributed by atoms with Crippen LogP contribution in [0.3, 0.4) is 0 Å². The zero-order valence-corrected chi connectivity index (χ0v) is 10.8. The number of hydrogen-bond acceptors (Lipinski definition) is 2. The van der Waals surface area contributed by atoms with E-state index in [1.165, 1.54) is 6.07 Å². The van der Waals surface area contributed by atoms with Gasteiger partial charge in [-0.15, -0.1) is 0 Å². The first-order chi connectivity index (χ1) is 8.99. The first-order valence-corrected chi connectivity index (χ1v) is 5.92. The van der Waals surface area contributed by atoms with E-state index in [0.29, 0.717) is 25.3 Å². The molecule has 0 spiro atoms. The molecule has 104 valence electrons. The van der Waals surface area contributed by atoms with Gasteiger partial charge in [-0.05, 0) is 24.6 Å². The number of ether oxygens (including phenoxy) is 1. The van der Waals surface area contributed by atoms with E-state index in [-0.39, 0.29) is 12.3 Å². The molecular weight excluding hydrogens is 252 g/mol. The van der Waals surface area contributed by atoms with Gasteiger partial charge in [0.2, 0.25) is 5.91 Å². The fraction of sp³-hybridized carbons (Fsp3) is 0.357. The average molecular weight is 269 g/mol. The van der Waals surface area contributed by atoms with Crippen molar-refractivity contribution in [3.63, 3.8) is 0 Å². The Hall–Kier alpha value is -1.75. The monoisotopic (exact) mass is 269 g/mol. The van der Waals surface area contributed by atoms with Gasteiger partial charge in [0, 0.05) is 6.54 Å². The molecule has 5 heteroatoms. The lowest BCUT2D eigenvalue weighted by atomic mass is 10.1. The van der Waals surface area contributed by atoms with Crippen LogP contribution in [0, 0.1) is 11.6 Å². The minimum absolute atomic E-state index is 0.0116. The quantitative estimate of drug-likeness (QED) is 0.609. The van der Waals surface area contributed by atoms with Crippen LogP contribution in [0.5, 0.6) is 0 Å². The topological polar surface area (TPSA) is 38.3 Å². The van der Waals surface area contributed by atoms with Crippen LogP contribution in [0.4, 0.5) is 8.78 Å². The summed E-state index contributed by atoms with van der Waals surface area (Å²) in [5, 5.41) is 2.63. The Kier molecular flexibility index (Phi) is 6.15. The van der Waals surface area contributed by atoms with E-state index >= 15 is 0 Å². The highest BCUT2D eigenvalue weighted by Crippen LogP contribution is 2.08. The average Bonchev–Trinajstić information content (AvgIpc) is 2.33. The van der Waals surface area contributed by atoms with Crippen LogP contribution < -0.4 is 5.32 Å². The Morgan fingerprint density at radius 3 is 2.74 bits per heavy atom. The summed E-state index contributed by atoms with van der Waals surface area (Å²) in [4.78, 5) is 11.5. The number of carbonyl (C=O) groups is 1. The molecule has 0 unspecified atom stereocenters. The molecule has 0 bridgehead atoms. The van der Waals surface area contributed by atoms with E-state index in [9.17, 15) is 13.6 Å². The predicted molar refractivity (Wildman–Crippen MR) is 68.7 cm³/mol. The summed E-state index contributed by atoms with van der Waals surface area (Å²) >= 11 is 0. The smallest absolute Gasteiger partial charge is 0.224 e. The number of nitrogens with one attached hydrogen (secondary N) is 1. The molecule has 1 aromatic carbocycles. The third-order valence-corrected chi connectivity index (χ3v) is 2.27. The van der Waals surface area contributed by atoms with Crippen molar-refractivity contribution in [2.45, 2.75) is 13.3 Å². The molecular formula is C14H17F2NO2. The van der Waals surface area contributed by atoms with E-state index in [1.54, 1.807) is 0 Å². The maximum Gasteiger partial charge on any atom is 0.224 e. The summed E-state index contributed by atoms with van der Waals surface area (Å²) < 4.78 is 30.8. The highest BCUT2D eigenvalue weighted by atomic mass is 19.2. The van der Waals surface area contributed by atoms with Crippen LogP contribution in [0.25, 0.3) is 0 Å². The third-order valence-electron chi connectivity index (χ3n) is 2.27. The minimum Gasteiger partial charge on any atom is -0.375 e. The molecule has 0 aliphatic carbocycles. The lowest BCUT2D eigenvalue weighted by Gasteiger charge is -2.06. The van der Waals surface area contributed by atoms with Crippen LogP contribution >= 0.6 is 0 Å². The van der Waals surface area contributed by atoms with Gasteiger partial charge in [-0.1, -0.05) is 18.2 Å². The third kappa shape index (κ3) is 6.10. The maximum atomic E-state index is 12.9. The fourth-order valence-corrected chi connectivity index (χ4v) is 1.41. The van der Waals surface area contributed by atoms with Crippen molar-refractivity contribution in [3.05, 3.63) is 47.5 Å². The lowest BCUT2D eigenvalue weighted by molar-refractivity contribution is -0.120. The predicted octanol–water partition coefficient (Wildman–Crippen LogP) is 2.22. The summed E-state index contributed by atoms with van der Waals surface area (Å²) in [5.41, 5.74) is 1.34. The van der Waals surface area contributed by atoms with Gasteiger partial charge >= 0.3 is 0 Å². The summed E-state index contributed by atoms with van der Waals surface area (Å²) in [6, 6.07) is 3.41. The molecule has 0 fully saturated rings. The molecule has 1 amide bonds. The van der Waals surface area contributed by atoms with E-state index in [4.69, 9.17) is 4.74 Å². The Labute approximate surface area is 111 Å². The standard InChI is InChI=1S/C14H17F2NO2/c1-10(2)9-19-6-5-17-14(18)8-11-3-4-12(15)13(16)7-11/h3-4,7H,1,5-6,8-9H2,2H3,(H,17,18). The number of halogens is 2. The van der Waals surface area contributed by atoms with E-state index in [1.807, 2.05) is 6.92 Å². The van der Waals surface area contributed by atoms with Crippen LogP contribution in [0.1, 0.15) is 12.5 Å². The molecule has 0 aliphatic heterocycles. The molecule has 0 saturated heterocycles. The maximum absolute atomic E-state index is 12.9. The van der Waals surface area contributed by atoms with Gasteiger partial charge in [0.25, 0.3) is 0 Å². The molecule has 1 rings (SSSR count). The van der Waals surface area contributed by atoms with Gasteiger partial charge in [-0.3, -0.25) is 4.79 Å². The molecule has 0 heterocycles. The second kappa shape index (κ2) is 7.63. The summed E-state index contributed by atoms with van der Waals surface area (Å²) in [6.45, 7) is 6.74. The molecule has 1 N–H and O–H groups in total. The molecule has 0 radical (unpaired) electrons. The Morgan fingerprint density at radius 1 is 1.37 bits per heavy atom. The molecule has 0 atom stereocenters. The van der Waals surface area contributed by atoms with Crippen molar-refractivity contribution >= 4 is 5.91 Å². The Bertz CT molecular complexity index is 461. The van der Waals surface area contributed by atoms with Gasteiger partial charge in [0.1, 0.15) is 0 Å². The second-order valence-corrected chi connectivity index (χ2v) is 4.28. The van der Waals surface area contributed by atoms with Gasteiger partial charge in [0.15, 0.2) is 11.6 Å². The normalized spacial score (nSPS) is 10.3. The van der Waals surface area contributed by atoms with Gasteiger partial charge in [-0.2, -0.15) is 0 Å². The van der Waals surface area contributed by atoms with Gasteiger partial charge in [0.05, 0.1) is 19.6 Å². The summed E-state index contributed by atoms with van der Waals surface area (Å²) in [7, 11) is 0. The summed E-state index contributed by atoms with van der Waals surface area (Å²) in [5.74, 6) is -2.13. The molecule has 0 aliphatic rings. The fourth-order valence-electron chi connectivity index (χ4n) is 1.41. The van der Waals surface area contributed by atoms with Crippen molar-refractivity contribution in [2.24, 2.45) is 0 Å². The molecule has 0 aromatic heterocycles. The van der Waals surface area contributed by atoms with E-state index in [2.05, 4.69) is 11.9 Å². The summed E-state index contributed by atoms with van der Waals surface area (Å²) in [6.07, 6.45) is 0.0116. The van der Waals surface area contributed by atoms with Crippen molar-refractivity contribution in [2.75, 3.05) is 19.8 Å². The van der Waals surface area contributed by atoms with Crippen LogP contribution in [-0.2, 0) is 16.0 Å². The number of rotatable bonds is 7. The Balaban J connectivity index is 2.27. The van der Waals surface area contributed by atoms with Crippen molar-refractivity contribution in [3.8, 4) is 0 Å². The van der Waals surface area contributed by atoms with Crippen molar-refractivity contribution < 1.29 is 18.3 Å². The zero-order chi connectivity index (χ0) is 14.3. The highest BCUT2D eigenvalue weighted by Gasteiger charge is 2.06. The first kappa shape index (κ1) is 15.3. The Morgan fingerprint density at radius 2 is 2.11 bits per heavy atom. The van der Waals surface area contributed by atoms with E-state index < -0.39 is 11.6 Å². The first-order valence-electron chi connectivity index (χ1n) is 5.92.